The van der Waals surface area contributed by atoms with Crippen LogP contribution in [-0.4, -0.2) is 24.8 Å². The average molecular weight is 320 g/mol. The van der Waals surface area contributed by atoms with E-state index in [1.165, 1.54) is 64.3 Å². The van der Waals surface area contributed by atoms with Crippen molar-refractivity contribution in [1.82, 2.24) is 5.32 Å². The van der Waals surface area contributed by atoms with Gasteiger partial charge in [0.2, 0.25) is 0 Å². The van der Waals surface area contributed by atoms with Crippen LogP contribution < -0.4 is 5.32 Å². The summed E-state index contributed by atoms with van der Waals surface area (Å²) in [6.45, 7) is 1.29. The van der Waals surface area contributed by atoms with Crippen LogP contribution in [0.25, 0.3) is 0 Å². The van der Waals surface area contributed by atoms with Gasteiger partial charge in [0, 0.05) is 6.04 Å². The van der Waals surface area contributed by atoms with Gasteiger partial charge in [-0.05, 0) is 82.1 Å². The molecule has 2 nitrogen and oxygen atoms in total. The summed E-state index contributed by atoms with van der Waals surface area (Å²) in [5.41, 5.74) is 0. The molecule has 3 aliphatic carbocycles. The van der Waals surface area contributed by atoms with E-state index in [2.05, 4.69) is 5.32 Å². The van der Waals surface area contributed by atoms with E-state index < -0.39 is 0 Å². The predicted octanol–water partition coefficient (Wildman–Crippen LogP) is 5.06. The zero-order valence-corrected chi connectivity index (χ0v) is 15.0. The fourth-order valence-electron chi connectivity index (χ4n) is 5.99. The third-order valence-electron chi connectivity index (χ3n) is 7.41. The van der Waals surface area contributed by atoms with Gasteiger partial charge in [-0.3, -0.25) is 0 Å². The van der Waals surface area contributed by atoms with E-state index in [0.717, 1.165) is 23.8 Å². The first-order chi connectivity index (χ1) is 11.3. The predicted molar refractivity (Wildman–Crippen MR) is 95.6 cm³/mol. The molecule has 6 bridgehead atoms. The van der Waals surface area contributed by atoms with Crippen LogP contribution in [0.3, 0.4) is 0 Å². The largest absolute Gasteiger partial charge is 0.375 e. The van der Waals surface area contributed by atoms with Crippen LogP contribution in [-0.2, 0) is 4.74 Å². The first-order valence-corrected chi connectivity index (χ1v) is 10.7. The highest BCUT2D eigenvalue weighted by Crippen LogP contribution is 2.41. The maximum absolute atomic E-state index is 5.47. The Bertz CT molecular complexity index is 301. The number of piperidine rings is 1. The Kier molecular flexibility index (Phi) is 5.61. The summed E-state index contributed by atoms with van der Waals surface area (Å²) in [6.07, 6.45) is 21.9. The van der Waals surface area contributed by atoms with Gasteiger partial charge in [0.05, 0.1) is 12.2 Å². The van der Waals surface area contributed by atoms with Crippen molar-refractivity contribution in [2.75, 3.05) is 6.54 Å². The van der Waals surface area contributed by atoms with Gasteiger partial charge < -0.3 is 10.1 Å². The van der Waals surface area contributed by atoms with Crippen molar-refractivity contribution < 1.29 is 4.74 Å². The van der Waals surface area contributed by atoms with Crippen molar-refractivity contribution >= 4 is 0 Å². The summed E-state index contributed by atoms with van der Waals surface area (Å²) >= 11 is 0. The summed E-state index contributed by atoms with van der Waals surface area (Å²) in [5.74, 6) is 3.42. The van der Waals surface area contributed by atoms with Gasteiger partial charge in [0.25, 0.3) is 0 Å². The van der Waals surface area contributed by atoms with E-state index in [9.17, 15) is 0 Å². The lowest BCUT2D eigenvalue weighted by molar-refractivity contribution is 0.105. The first kappa shape index (κ1) is 16.4. The van der Waals surface area contributed by atoms with Crippen molar-refractivity contribution in [3.8, 4) is 0 Å². The quantitative estimate of drug-likeness (QED) is 0.673. The van der Waals surface area contributed by atoms with Crippen LogP contribution in [0.1, 0.15) is 89.9 Å². The third kappa shape index (κ3) is 4.51. The van der Waals surface area contributed by atoms with Gasteiger partial charge in [-0.2, -0.15) is 0 Å². The third-order valence-corrected chi connectivity index (χ3v) is 7.41. The van der Waals surface area contributed by atoms with Crippen LogP contribution in [0.2, 0.25) is 0 Å². The number of ether oxygens (including phenoxy) is 1. The molecule has 6 aliphatic rings. The second kappa shape index (κ2) is 7.87. The Balaban J connectivity index is 0.0000000884. The molecule has 3 aliphatic heterocycles. The minimum absolute atomic E-state index is 0.671. The summed E-state index contributed by atoms with van der Waals surface area (Å²) in [7, 11) is 0. The SMILES string of the molecule is C1CC2CCC(C1)C2.C1CC2CCC(C2)N1.C1CC2CCC1O2. The summed E-state index contributed by atoms with van der Waals surface area (Å²) in [4.78, 5) is 0. The van der Waals surface area contributed by atoms with Crippen LogP contribution in [0.4, 0.5) is 0 Å². The Morgan fingerprint density at radius 2 is 1.17 bits per heavy atom. The first-order valence-electron chi connectivity index (χ1n) is 10.7. The molecule has 3 heterocycles. The van der Waals surface area contributed by atoms with E-state index in [1.807, 2.05) is 0 Å². The van der Waals surface area contributed by atoms with Crippen LogP contribution in [0, 0.1) is 17.8 Å². The molecular weight excluding hydrogens is 282 g/mol. The highest BCUT2D eigenvalue weighted by atomic mass is 16.5. The lowest BCUT2D eigenvalue weighted by atomic mass is 9.89. The fourth-order valence-corrected chi connectivity index (χ4v) is 5.99. The van der Waals surface area contributed by atoms with Gasteiger partial charge in [-0.1, -0.05) is 32.1 Å². The Hall–Kier alpha value is -0.0800. The smallest absolute Gasteiger partial charge is 0.0580 e. The second-order valence-electron chi connectivity index (χ2n) is 9.13. The normalized spacial score (nSPS) is 45.9. The number of rotatable bonds is 0. The van der Waals surface area contributed by atoms with Crippen LogP contribution >= 0.6 is 0 Å². The zero-order valence-electron chi connectivity index (χ0n) is 15.0. The van der Waals surface area contributed by atoms with Gasteiger partial charge in [0.1, 0.15) is 0 Å². The molecule has 0 aromatic carbocycles. The molecule has 0 aromatic heterocycles. The summed E-state index contributed by atoms with van der Waals surface area (Å²) in [6, 6.07) is 0.911. The highest BCUT2D eigenvalue weighted by molar-refractivity contribution is 4.85. The lowest BCUT2D eigenvalue weighted by Crippen LogP contribution is -2.31. The molecule has 0 radical (unpaired) electrons. The van der Waals surface area contributed by atoms with E-state index in [0.29, 0.717) is 12.2 Å². The van der Waals surface area contributed by atoms with Crippen molar-refractivity contribution in [2.24, 2.45) is 17.8 Å². The van der Waals surface area contributed by atoms with Crippen molar-refractivity contribution in [2.45, 2.75) is 108 Å². The number of hydrogen-bond donors (Lipinski definition) is 1. The Morgan fingerprint density at radius 3 is 1.65 bits per heavy atom. The Morgan fingerprint density at radius 1 is 0.565 bits per heavy atom. The maximum Gasteiger partial charge on any atom is 0.0580 e. The lowest BCUT2D eigenvalue weighted by Gasteiger charge is -2.19. The molecule has 3 saturated carbocycles. The number of hydrogen-bond acceptors (Lipinski definition) is 2. The molecule has 4 unspecified atom stereocenters. The van der Waals surface area contributed by atoms with Crippen LogP contribution in [0.15, 0.2) is 0 Å². The van der Waals surface area contributed by atoms with E-state index in [-0.39, 0.29) is 0 Å². The van der Waals surface area contributed by atoms with Gasteiger partial charge in [0.15, 0.2) is 0 Å². The van der Waals surface area contributed by atoms with Crippen molar-refractivity contribution in [3.63, 3.8) is 0 Å². The molecule has 2 heteroatoms. The minimum Gasteiger partial charge on any atom is -0.375 e. The van der Waals surface area contributed by atoms with E-state index >= 15 is 0 Å². The molecule has 23 heavy (non-hydrogen) atoms. The van der Waals surface area contributed by atoms with Crippen LogP contribution in [0.5, 0.6) is 0 Å². The second-order valence-corrected chi connectivity index (χ2v) is 9.13. The summed E-state index contributed by atoms with van der Waals surface area (Å²) < 4.78 is 5.47. The molecule has 1 N–H and O–H groups in total. The molecule has 0 spiro atoms. The molecule has 0 aromatic rings. The van der Waals surface area contributed by atoms with Gasteiger partial charge >= 0.3 is 0 Å². The van der Waals surface area contributed by atoms with E-state index in [4.69, 9.17) is 4.74 Å². The molecular formula is C21H37NO. The Labute approximate surface area is 143 Å². The van der Waals surface area contributed by atoms with Crippen molar-refractivity contribution in [1.29, 1.82) is 0 Å². The monoisotopic (exact) mass is 319 g/mol. The highest BCUT2D eigenvalue weighted by Gasteiger charge is 2.31. The number of nitrogens with one attached hydrogen (secondary N) is 1. The van der Waals surface area contributed by atoms with Gasteiger partial charge in [-0.15, -0.1) is 0 Å². The molecule has 6 rings (SSSR count). The number of fused-ring (bicyclic) bond motifs is 6. The van der Waals surface area contributed by atoms with Gasteiger partial charge in [-0.25, -0.2) is 0 Å². The molecule has 6 fully saturated rings. The maximum atomic E-state index is 5.47. The van der Waals surface area contributed by atoms with E-state index in [1.54, 1.807) is 32.1 Å². The molecule has 132 valence electrons. The molecule has 0 amide bonds. The molecule has 4 atom stereocenters. The minimum atomic E-state index is 0.671. The fraction of sp³-hybridized carbons (Fsp3) is 1.00. The standard InChI is InChI=1S/C8H14.C7H13N.C6H10O/c1-2-7-4-5-8(3-1)6-7;1-2-7-5-6(1)3-4-8-7;1-2-6-4-3-5(1)7-6/h7-8H,1-6H2;6-8H,1-5H2;5-6H,1-4H2. The van der Waals surface area contributed by atoms with Crippen molar-refractivity contribution in [3.05, 3.63) is 0 Å². The topological polar surface area (TPSA) is 21.3 Å². The molecule has 3 saturated heterocycles. The zero-order chi connectivity index (χ0) is 15.5. The average Bonchev–Trinajstić information content (AvgIpc) is 3.37. The summed E-state index contributed by atoms with van der Waals surface area (Å²) in [5, 5.41) is 3.51.